The summed E-state index contributed by atoms with van der Waals surface area (Å²) in [6.45, 7) is 0.257. The predicted octanol–water partition coefficient (Wildman–Crippen LogP) is 2.14. The van der Waals surface area contributed by atoms with Crippen LogP contribution in [0.2, 0.25) is 0 Å². The third-order valence-corrected chi connectivity index (χ3v) is 5.39. The van der Waals surface area contributed by atoms with Crippen LogP contribution in [0.3, 0.4) is 0 Å². The number of hydrogen-bond acceptors (Lipinski definition) is 9. The van der Waals surface area contributed by atoms with E-state index in [2.05, 4.69) is 20.9 Å². The van der Waals surface area contributed by atoms with Crippen LogP contribution >= 0.6 is 23.1 Å². The van der Waals surface area contributed by atoms with Gasteiger partial charge in [0, 0.05) is 13.3 Å². The number of pyridine rings is 1. The average Bonchev–Trinajstić information content (AvgIpc) is 3.28. The van der Waals surface area contributed by atoms with Gasteiger partial charge >= 0.3 is 6.09 Å². The van der Waals surface area contributed by atoms with E-state index in [1.54, 1.807) is 17.6 Å². The number of thiophene rings is 1. The molecule has 0 saturated carbocycles. The lowest BCUT2D eigenvalue weighted by atomic mass is 10.3. The second-order valence-electron chi connectivity index (χ2n) is 5.23. The number of nitrogens with zero attached hydrogens (tertiary/aromatic N) is 1. The molecule has 0 aliphatic carbocycles. The van der Waals surface area contributed by atoms with E-state index < -0.39 is 17.4 Å². The van der Waals surface area contributed by atoms with Crippen molar-refractivity contribution in [2.75, 3.05) is 31.0 Å². The summed E-state index contributed by atoms with van der Waals surface area (Å²) in [6, 6.07) is 5.18. The van der Waals surface area contributed by atoms with Gasteiger partial charge in [-0.15, -0.1) is 11.3 Å². The minimum absolute atomic E-state index is 0.0298. The molecule has 2 aromatic heterocycles. The summed E-state index contributed by atoms with van der Waals surface area (Å²) in [5.41, 5.74) is 0.177. The molecule has 11 heteroatoms. The van der Waals surface area contributed by atoms with Crippen molar-refractivity contribution < 1.29 is 23.9 Å². The van der Waals surface area contributed by atoms with Gasteiger partial charge in [0.15, 0.2) is 5.37 Å². The molecular formula is C16H16N4O5S2. The highest BCUT2D eigenvalue weighted by Crippen LogP contribution is 2.37. The van der Waals surface area contributed by atoms with Gasteiger partial charge in [-0.3, -0.25) is 14.9 Å². The number of amides is 3. The van der Waals surface area contributed by atoms with Gasteiger partial charge < -0.3 is 20.1 Å². The molecule has 0 aromatic carbocycles. The van der Waals surface area contributed by atoms with Crippen molar-refractivity contribution in [1.82, 2.24) is 10.3 Å². The SMILES string of the molecule is COCCOC(=O)NC(=O)c1ccsc1NC(=O)C1Nc2ncccc2S1. The van der Waals surface area contributed by atoms with Crippen LogP contribution in [0.15, 0.2) is 34.7 Å². The molecule has 1 aliphatic rings. The van der Waals surface area contributed by atoms with Gasteiger partial charge in [-0.1, -0.05) is 11.8 Å². The first-order valence-corrected chi connectivity index (χ1v) is 9.58. The number of alkyl carbamates (subject to hydrolysis) is 1. The first-order valence-electron chi connectivity index (χ1n) is 7.82. The smallest absolute Gasteiger partial charge is 0.414 e. The Hall–Kier alpha value is -2.63. The lowest BCUT2D eigenvalue weighted by Crippen LogP contribution is -2.33. The summed E-state index contributed by atoms with van der Waals surface area (Å²) < 4.78 is 9.55. The number of fused-ring (bicyclic) bond motifs is 1. The van der Waals surface area contributed by atoms with Crippen molar-refractivity contribution in [2.24, 2.45) is 0 Å². The van der Waals surface area contributed by atoms with Gasteiger partial charge in [-0.2, -0.15) is 0 Å². The normalized spacial score (nSPS) is 14.8. The molecule has 1 unspecified atom stereocenters. The molecule has 3 amide bonds. The van der Waals surface area contributed by atoms with E-state index in [1.165, 1.54) is 36.3 Å². The summed E-state index contributed by atoms with van der Waals surface area (Å²) in [5.74, 6) is -0.339. The molecule has 27 heavy (non-hydrogen) atoms. The lowest BCUT2D eigenvalue weighted by molar-refractivity contribution is -0.115. The Morgan fingerprint density at radius 1 is 1.30 bits per heavy atom. The summed E-state index contributed by atoms with van der Waals surface area (Å²) in [7, 11) is 1.47. The number of thioether (sulfide) groups is 1. The summed E-state index contributed by atoms with van der Waals surface area (Å²) in [5, 5.41) is 9.25. The number of rotatable bonds is 6. The molecule has 2 aromatic rings. The molecule has 9 nitrogen and oxygen atoms in total. The topological polar surface area (TPSA) is 119 Å². The first-order chi connectivity index (χ1) is 13.1. The van der Waals surface area contributed by atoms with Crippen LogP contribution in [0, 0.1) is 0 Å². The van der Waals surface area contributed by atoms with Crippen LogP contribution in [-0.2, 0) is 14.3 Å². The van der Waals surface area contributed by atoms with Gasteiger partial charge in [0.2, 0.25) is 0 Å². The van der Waals surface area contributed by atoms with Gasteiger partial charge in [0.05, 0.1) is 17.1 Å². The zero-order valence-corrected chi connectivity index (χ0v) is 15.8. The van der Waals surface area contributed by atoms with Gasteiger partial charge in [-0.25, -0.2) is 9.78 Å². The van der Waals surface area contributed by atoms with Crippen LogP contribution in [0.1, 0.15) is 10.4 Å². The fourth-order valence-electron chi connectivity index (χ4n) is 2.17. The zero-order valence-electron chi connectivity index (χ0n) is 14.2. The Bertz CT molecular complexity index is 832. The molecule has 0 radical (unpaired) electrons. The number of methoxy groups -OCH3 is 1. The summed E-state index contributed by atoms with van der Waals surface area (Å²) in [6.07, 6.45) is 0.759. The Labute approximate surface area is 162 Å². The highest BCUT2D eigenvalue weighted by atomic mass is 32.2. The molecule has 3 heterocycles. The van der Waals surface area contributed by atoms with Crippen molar-refractivity contribution in [2.45, 2.75) is 10.3 Å². The Kier molecular flexibility index (Phi) is 6.27. The fraction of sp³-hybridized carbons (Fsp3) is 0.250. The standard InChI is InChI=1S/C16H16N4O5S2/c1-24-6-7-25-16(23)20-12(21)9-4-8-26-14(9)19-13(22)15-18-11-10(27-15)3-2-5-17-11/h2-5,8,15H,6-7H2,1H3,(H,17,18)(H,19,22)(H,20,21,23). The predicted molar refractivity (Wildman–Crippen MR) is 101 cm³/mol. The van der Waals surface area contributed by atoms with Crippen molar-refractivity contribution >= 4 is 51.8 Å². The first kappa shape index (κ1) is 19.1. The van der Waals surface area contributed by atoms with Gasteiger partial charge in [0.1, 0.15) is 17.4 Å². The van der Waals surface area contributed by atoms with Crippen molar-refractivity contribution in [1.29, 1.82) is 0 Å². The molecular weight excluding hydrogens is 392 g/mol. The lowest BCUT2D eigenvalue weighted by Gasteiger charge is -2.11. The maximum absolute atomic E-state index is 12.5. The van der Waals surface area contributed by atoms with Crippen LogP contribution in [-0.4, -0.2) is 48.6 Å². The van der Waals surface area contributed by atoms with E-state index in [-0.39, 0.29) is 24.7 Å². The molecule has 0 saturated heterocycles. The third kappa shape index (κ3) is 4.76. The summed E-state index contributed by atoms with van der Waals surface area (Å²) in [4.78, 5) is 41.4. The zero-order chi connectivity index (χ0) is 19.2. The second-order valence-corrected chi connectivity index (χ2v) is 7.29. The van der Waals surface area contributed by atoms with Crippen LogP contribution in [0.4, 0.5) is 15.6 Å². The number of carbonyl (C=O) groups excluding carboxylic acids is 3. The summed E-state index contributed by atoms with van der Waals surface area (Å²) >= 11 is 2.51. The highest BCUT2D eigenvalue weighted by molar-refractivity contribution is 8.01. The minimum Gasteiger partial charge on any atom is -0.447 e. The molecule has 3 N–H and O–H groups in total. The van der Waals surface area contributed by atoms with E-state index in [9.17, 15) is 14.4 Å². The Morgan fingerprint density at radius 2 is 2.15 bits per heavy atom. The maximum Gasteiger partial charge on any atom is 0.414 e. The Balaban J connectivity index is 1.58. The number of imide groups is 1. The van der Waals surface area contributed by atoms with Gasteiger partial charge in [-0.05, 0) is 23.6 Å². The Morgan fingerprint density at radius 3 is 2.93 bits per heavy atom. The largest absolute Gasteiger partial charge is 0.447 e. The van der Waals surface area contributed by atoms with Crippen LogP contribution < -0.4 is 16.0 Å². The highest BCUT2D eigenvalue weighted by Gasteiger charge is 2.29. The van der Waals surface area contributed by atoms with E-state index in [1.807, 2.05) is 6.07 Å². The van der Waals surface area contributed by atoms with Crippen molar-refractivity contribution in [3.63, 3.8) is 0 Å². The second kappa shape index (κ2) is 8.84. The average molecular weight is 408 g/mol. The molecule has 142 valence electrons. The number of nitrogens with one attached hydrogen (secondary N) is 3. The number of anilines is 2. The third-order valence-electron chi connectivity index (χ3n) is 3.40. The minimum atomic E-state index is -0.880. The van der Waals surface area contributed by atoms with E-state index >= 15 is 0 Å². The van der Waals surface area contributed by atoms with Crippen LogP contribution in [0.5, 0.6) is 0 Å². The van der Waals surface area contributed by atoms with Crippen LogP contribution in [0.25, 0.3) is 0 Å². The number of carbonyl (C=O) groups is 3. The van der Waals surface area contributed by atoms with E-state index in [4.69, 9.17) is 9.47 Å². The quantitative estimate of drug-likeness (QED) is 0.622. The number of aromatic nitrogens is 1. The maximum atomic E-state index is 12.5. The van der Waals surface area contributed by atoms with E-state index in [0.717, 1.165) is 4.90 Å². The molecule has 0 bridgehead atoms. The number of ether oxygens (including phenoxy) is 2. The van der Waals surface area contributed by atoms with Crippen molar-refractivity contribution in [3.05, 3.63) is 35.3 Å². The van der Waals surface area contributed by atoms with Crippen molar-refractivity contribution in [3.8, 4) is 0 Å². The van der Waals surface area contributed by atoms with Gasteiger partial charge in [0.25, 0.3) is 11.8 Å². The molecule has 1 atom stereocenters. The fourth-order valence-corrected chi connectivity index (χ4v) is 3.93. The monoisotopic (exact) mass is 408 g/mol. The molecule has 0 fully saturated rings. The molecule has 3 rings (SSSR count). The molecule has 1 aliphatic heterocycles. The number of hydrogen-bond donors (Lipinski definition) is 3. The molecule has 0 spiro atoms. The van der Waals surface area contributed by atoms with E-state index in [0.29, 0.717) is 10.8 Å².